The summed E-state index contributed by atoms with van der Waals surface area (Å²) in [5, 5.41) is 8.75. The van der Waals surface area contributed by atoms with Crippen molar-refractivity contribution in [1.82, 2.24) is 4.90 Å². The van der Waals surface area contributed by atoms with E-state index in [0.717, 1.165) is 11.5 Å². The van der Waals surface area contributed by atoms with Crippen molar-refractivity contribution in [2.24, 2.45) is 0 Å². The van der Waals surface area contributed by atoms with Crippen LogP contribution in [0.5, 0.6) is 0 Å². The highest BCUT2D eigenvalue weighted by Crippen LogP contribution is 2.13. The average molecular weight is 249 g/mol. The van der Waals surface area contributed by atoms with Gasteiger partial charge in [-0.3, -0.25) is 4.90 Å². The van der Waals surface area contributed by atoms with Crippen LogP contribution >= 0.6 is 0 Å². The Kier molecular flexibility index (Phi) is 3.53. The summed E-state index contributed by atoms with van der Waals surface area (Å²) in [6.07, 6.45) is 0. The van der Waals surface area contributed by atoms with Gasteiger partial charge in [-0.2, -0.15) is 0 Å². The second-order valence-corrected chi connectivity index (χ2v) is 4.26. The molecular weight excluding hydrogens is 234 g/mol. The molecule has 5 heteroatoms. The van der Waals surface area contributed by atoms with Gasteiger partial charge in [-0.25, -0.2) is 4.79 Å². The first-order chi connectivity index (χ1) is 8.54. The summed E-state index contributed by atoms with van der Waals surface area (Å²) < 4.78 is 10.7. The first-order valence-electron chi connectivity index (χ1n) is 5.60. The molecule has 2 aromatic rings. The van der Waals surface area contributed by atoms with Crippen LogP contribution in [0.3, 0.4) is 0 Å². The lowest BCUT2D eigenvalue weighted by Gasteiger charge is -2.12. The molecular formula is C13H15NO4. The van der Waals surface area contributed by atoms with E-state index in [1.54, 1.807) is 6.07 Å². The highest BCUT2D eigenvalue weighted by atomic mass is 16.4. The molecule has 1 N–H and O–H groups in total. The summed E-state index contributed by atoms with van der Waals surface area (Å²) in [6, 6.07) is 6.98. The molecule has 0 amide bonds. The number of furan rings is 2. The van der Waals surface area contributed by atoms with E-state index >= 15 is 0 Å². The lowest BCUT2D eigenvalue weighted by atomic mass is 10.3. The van der Waals surface area contributed by atoms with Crippen molar-refractivity contribution >= 4 is 5.97 Å². The standard InChI is InChI=1S/C13H15NO4/c1-9-3-4-10(17-9)7-14(2)8-11-5-6-12(18-11)13(15)16/h3-6H,7-8H2,1-2H3,(H,15,16). The van der Waals surface area contributed by atoms with Gasteiger partial charge in [0.05, 0.1) is 13.1 Å². The fourth-order valence-corrected chi connectivity index (χ4v) is 1.74. The summed E-state index contributed by atoms with van der Waals surface area (Å²) in [7, 11) is 1.92. The number of aryl methyl sites for hydroxylation is 1. The van der Waals surface area contributed by atoms with Crippen molar-refractivity contribution in [2.75, 3.05) is 7.05 Å². The molecule has 2 aromatic heterocycles. The Balaban J connectivity index is 1.94. The van der Waals surface area contributed by atoms with Crippen molar-refractivity contribution in [3.8, 4) is 0 Å². The van der Waals surface area contributed by atoms with Gasteiger partial charge in [0.15, 0.2) is 0 Å². The van der Waals surface area contributed by atoms with Gasteiger partial charge in [0, 0.05) is 0 Å². The molecule has 0 aliphatic heterocycles. The van der Waals surface area contributed by atoms with Gasteiger partial charge in [-0.15, -0.1) is 0 Å². The van der Waals surface area contributed by atoms with Gasteiger partial charge in [0.1, 0.15) is 17.3 Å². The number of aromatic carboxylic acids is 1. The minimum absolute atomic E-state index is 0.0350. The summed E-state index contributed by atoms with van der Waals surface area (Å²) in [5.41, 5.74) is 0. The summed E-state index contributed by atoms with van der Waals surface area (Å²) >= 11 is 0. The number of nitrogens with zero attached hydrogens (tertiary/aromatic N) is 1. The first-order valence-corrected chi connectivity index (χ1v) is 5.60. The Morgan fingerprint density at radius 1 is 1.17 bits per heavy atom. The molecule has 0 aliphatic rings. The Morgan fingerprint density at radius 3 is 2.28 bits per heavy atom. The zero-order valence-electron chi connectivity index (χ0n) is 10.3. The fraction of sp³-hybridized carbons (Fsp3) is 0.308. The summed E-state index contributed by atoms with van der Waals surface area (Å²) in [6.45, 7) is 3.08. The monoisotopic (exact) mass is 249 g/mol. The van der Waals surface area contributed by atoms with Crippen LogP contribution in [0.15, 0.2) is 33.1 Å². The minimum atomic E-state index is -1.05. The molecule has 0 bridgehead atoms. The molecule has 2 heterocycles. The predicted molar refractivity (Wildman–Crippen MR) is 64.3 cm³/mol. The molecule has 0 fully saturated rings. The Morgan fingerprint density at radius 2 is 1.78 bits per heavy atom. The second-order valence-electron chi connectivity index (χ2n) is 4.26. The van der Waals surface area contributed by atoms with E-state index in [4.69, 9.17) is 13.9 Å². The molecule has 18 heavy (non-hydrogen) atoms. The van der Waals surface area contributed by atoms with E-state index in [9.17, 15) is 4.79 Å². The third kappa shape index (κ3) is 3.01. The van der Waals surface area contributed by atoms with Crippen molar-refractivity contribution in [3.05, 3.63) is 47.3 Å². The Labute approximate surface area is 105 Å². The average Bonchev–Trinajstić information content (AvgIpc) is 2.88. The predicted octanol–water partition coefficient (Wildman–Crippen LogP) is 2.51. The largest absolute Gasteiger partial charge is 0.475 e. The highest BCUT2D eigenvalue weighted by molar-refractivity contribution is 5.84. The van der Waals surface area contributed by atoms with Crippen LogP contribution in [0.4, 0.5) is 0 Å². The van der Waals surface area contributed by atoms with Gasteiger partial charge in [-0.1, -0.05) is 0 Å². The molecule has 0 atom stereocenters. The van der Waals surface area contributed by atoms with Crippen molar-refractivity contribution in [3.63, 3.8) is 0 Å². The zero-order chi connectivity index (χ0) is 13.1. The number of hydrogen-bond acceptors (Lipinski definition) is 4. The van der Waals surface area contributed by atoms with Crippen molar-refractivity contribution < 1.29 is 18.7 Å². The van der Waals surface area contributed by atoms with E-state index in [1.165, 1.54) is 6.07 Å². The summed E-state index contributed by atoms with van der Waals surface area (Å²) in [4.78, 5) is 12.7. The highest BCUT2D eigenvalue weighted by Gasteiger charge is 2.11. The van der Waals surface area contributed by atoms with E-state index in [-0.39, 0.29) is 5.76 Å². The molecule has 0 aromatic carbocycles. The van der Waals surface area contributed by atoms with E-state index in [1.807, 2.05) is 31.0 Å². The second kappa shape index (κ2) is 5.10. The maximum atomic E-state index is 10.7. The molecule has 0 unspecified atom stereocenters. The van der Waals surface area contributed by atoms with Gasteiger partial charge in [0.25, 0.3) is 0 Å². The van der Waals surface area contributed by atoms with Crippen LogP contribution in [0.1, 0.15) is 27.8 Å². The normalized spacial score (nSPS) is 11.1. The number of carboxylic acids is 1. The van der Waals surface area contributed by atoms with E-state index in [2.05, 4.69) is 0 Å². The van der Waals surface area contributed by atoms with Crippen molar-refractivity contribution in [2.45, 2.75) is 20.0 Å². The van der Waals surface area contributed by atoms with E-state index in [0.29, 0.717) is 18.8 Å². The smallest absolute Gasteiger partial charge is 0.371 e. The molecule has 5 nitrogen and oxygen atoms in total. The molecule has 0 saturated heterocycles. The van der Waals surface area contributed by atoms with Crippen LogP contribution in [0, 0.1) is 6.92 Å². The van der Waals surface area contributed by atoms with Crippen LogP contribution in [-0.2, 0) is 13.1 Å². The Bertz CT molecular complexity index is 541. The van der Waals surface area contributed by atoms with Crippen molar-refractivity contribution in [1.29, 1.82) is 0 Å². The quantitative estimate of drug-likeness (QED) is 0.881. The number of hydrogen-bond donors (Lipinski definition) is 1. The SMILES string of the molecule is Cc1ccc(CN(C)Cc2ccc(C(=O)O)o2)o1. The topological polar surface area (TPSA) is 66.8 Å². The van der Waals surface area contributed by atoms with Gasteiger partial charge in [0.2, 0.25) is 5.76 Å². The minimum Gasteiger partial charge on any atom is -0.475 e. The first kappa shape index (κ1) is 12.4. The third-order valence-corrected chi connectivity index (χ3v) is 2.52. The van der Waals surface area contributed by atoms with Crippen LogP contribution in [0.2, 0.25) is 0 Å². The molecule has 2 rings (SSSR count). The van der Waals surface area contributed by atoms with Gasteiger partial charge >= 0.3 is 5.97 Å². The molecule has 0 saturated carbocycles. The summed E-state index contributed by atoms with van der Waals surface area (Å²) in [5.74, 6) is 1.29. The number of rotatable bonds is 5. The van der Waals surface area contributed by atoms with E-state index < -0.39 is 5.97 Å². The molecule has 0 radical (unpaired) electrons. The number of carbonyl (C=O) groups is 1. The lowest BCUT2D eigenvalue weighted by molar-refractivity contribution is 0.0658. The molecule has 0 aliphatic carbocycles. The molecule has 96 valence electrons. The van der Waals surface area contributed by atoms with Gasteiger partial charge < -0.3 is 13.9 Å². The van der Waals surface area contributed by atoms with Crippen LogP contribution in [0.25, 0.3) is 0 Å². The molecule has 0 spiro atoms. The fourth-order valence-electron chi connectivity index (χ4n) is 1.74. The zero-order valence-corrected chi connectivity index (χ0v) is 10.3. The van der Waals surface area contributed by atoms with Crippen LogP contribution in [-0.4, -0.2) is 23.0 Å². The van der Waals surface area contributed by atoms with Gasteiger partial charge in [-0.05, 0) is 38.2 Å². The third-order valence-electron chi connectivity index (χ3n) is 2.52. The maximum Gasteiger partial charge on any atom is 0.371 e. The maximum absolute atomic E-state index is 10.7. The van der Waals surface area contributed by atoms with Crippen LogP contribution < -0.4 is 0 Å². The Hall–Kier alpha value is -2.01. The lowest BCUT2D eigenvalue weighted by Crippen LogP contribution is -2.16. The number of carboxylic acid groups (broad SMARTS) is 1.